The zero-order chi connectivity index (χ0) is 14.2. The van der Waals surface area contributed by atoms with Crippen LogP contribution in [0.4, 0.5) is 0 Å². The standard InChI is InChI=1S/C12H15ClN2O4/c1-5(16)9(17)10(18)11(19)12-14-7-3-2-6(13)4-8(7)15-12/h2-5,9-11,16-19H,1H3,(H,14,15)/t5-,9+,10+,11-/m1/s1. The molecule has 1 heterocycles. The summed E-state index contributed by atoms with van der Waals surface area (Å²) in [5.74, 6) is 0.101. The molecule has 0 unspecified atom stereocenters. The number of halogens is 1. The molecule has 0 aliphatic rings. The van der Waals surface area contributed by atoms with Crippen molar-refractivity contribution in [3.63, 3.8) is 0 Å². The number of aromatic nitrogens is 2. The molecule has 0 fully saturated rings. The average molecular weight is 287 g/mol. The van der Waals surface area contributed by atoms with Gasteiger partial charge in [0, 0.05) is 5.02 Å². The number of aliphatic hydroxyl groups excluding tert-OH is 4. The number of hydrogen-bond acceptors (Lipinski definition) is 5. The van der Waals surface area contributed by atoms with Crippen molar-refractivity contribution in [1.82, 2.24) is 9.97 Å². The van der Waals surface area contributed by atoms with Gasteiger partial charge in [0.15, 0.2) is 0 Å². The van der Waals surface area contributed by atoms with Crippen molar-refractivity contribution < 1.29 is 20.4 Å². The van der Waals surface area contributed by atoms with Crippen LogP contribution < -0.4 is 0 Å². The van der Waals surface area contributed by atoms with Gasteiger partial charge < -0.3 is 25.4 Å². The lowest BCUT2D eigenvalue weighted by Crippen LogP contribution is -2.39. The van der Waals surface area contributed by atoms with E-state index in [0.717, 1.165) is 0 Å². The molecule has 0 radical (unpaired) electrons. The zero-order valence-electron chi connectivity index (χ0n) is 10.2. The quantitative estimate of drug-likeness (QED) is 0.557. The minimum absolute atomic E-state index is 0.101. The molecule has 5 N–H and O–H groups in total. The molecule has 7 heteroatoms. The maximum atomic E-state index is 9.93. The number of benzene rings is 1. The first-order valence-corrected chi connectivity index (χ1v) is 6.15. The second-order valence-corrected chi connectivity index (χ2v) is 4.89. The van der Waals surface area contributed by atoms with Gasteiger partial charge in [-0.1, -0.05) is 11.6 Å². The molecule has 2 rings (SSSR count). The first-order chi connectivity index (χ1) is 8.90. The molecule has 0 bridgehead atoms. The van der Waals surface area contributed by atoms with Gasteiger partial charge in [0.05, 0.1) is 17.1 Å². The summed E-state index contributed by atoms with van der Waals surface area (Å²) in [6, 6.07) is 4.96. The highest BCUT2D eigenvalue weighted by Crippen LogP contribution is 2.23. The van der Waals surface area contributed by atoms with E-state index in [2.05, 4.69) is 9.97 Å². The monoisotopic (exact) mass is 286 g/mol. The van der Waals surface area contributed by atoms with Crippen molar-refractivity contribution in [2.75, 3.05) is 0 Å². The number of nitrogens with one attached hydrogen (secondary N) is 1. The van der Waals surface area contributed by atoms with Gasteiger partial charge in [-0.15, -0.1) is 0 Å². The van der Waals surface area contributed by atoms with Crippen molar-refractivity contribution in [3.05, 3.63) is 29.0 Å². The van der Waals surface area contributed by atoms with Gasteiger partial charge in [0.2, 0.25) is 0 Å². The lowest BCUT2D eigenvalue weighted by molar-refractivity contribution is -0.103. The highest BCUT2D eigenvalue weighted by molar-refractivity contribution is 6.31. The molecular formula is C12H15ClN2O4. The summed E-state index contributed by atoms with van der Waals surface area (Å²) in [5, 5.41) is 38.9. The Kier molecular flexibility index (Phi) is 4.07. The second kappa shape index (κ2) is 5.44. The Labute approximate surface area is 114 Å². The molecule has 104 valence electrons. The summed E-state index contributed by atoms with van der Waals surface area (Å²) < 4.78 is 0. The van der Waals surface area contributed by atoms with E-state index in [9.17, 15) is 20.4 Å². The van der Waals surface area contributed by atoms with E-state index < -0.39 is 24.4 Å². The molecule has 0 aliphatic heterocycles. The average Bonchev–Trinajstić information content (AvgIpc) is 2.78. The summed E-state index contributed by atoms with van der Waals surface area (Å²) >= 11 is 5.83. The predicted molar refractivity (Wildman–Crippen MR) is 69.8 cm³/mol. The van der Waals surface area contributed by atoms with Gasteiger partial charge >= 0.3 is 0 Å². The molecular weight excluding hydrogens is 272 g/mol. The van der Waals surface area contributed by atoms with Gasteiger partial charge in [-0.05, 0) is 25.1 Å². The number of rotatable bonds is 4. The Morgan fingerprint density at radius 2 is 1.84 bits per heavy atom. The molecule has 0 saturated heterocycles. The van der Waals surface area contributed by atoms with E-state index in [1.807, 2.05) is 0 Å². The SMILES string of the molecule is C[C@@H](O)[C@H](O)[C@H](O)[C@@H](O)c1nc2ccc(Cl)cc2[nH]1. The van der Waals surface area contributed by atoms with Crippen LogP contribution in [0.2, 0.25) is 5.02 Å². The van der Waals surface area contributed by atoms with Crippen molar-refractivity contribution in [2.24, 2.45) is 0 Å². The molecule has 6 nitrogen and oxygen atoms in total. The predicted octanol–water partition coefficient (Wildman–Crippen LogP) is 0.352. The van der Waals surface area contributed by atoms with Crippen LogP contribution in [-0.4, -0.2) is 48.7 Å². The molecule has 1 aromatic carbocycles. The molecule has 0 spiro atoms. The summed E-state index contributed by atoms with van der Waals surface area (Å²) in [6.07, 6.45) is -5.61. The largest absolute Gasteiger partial charge is 0.391 e. The van der Waals surface area contributed by atoms with Crippen molar-refractivity contribution in [1.29, 1.82) is 0 Å². The molecule has 2 aromatic rings. The number of hydrogen-bond donors (Lipinski definition) is 5. The van der Waals surface area contributed by atoms with Crippen LogP contribution in [0.15, 0.2) is 18.2 Å². The van der Waals surface area contributed by atoms with Gasteiger partial charge in [0.25, 0.3) is 0 Å². The smallest absolute Gasteiger partial charge is 0.140 e. The molecule has 0 saturated carbocycles. The number of aromatic amines is 1. The Bertz CT molecular complexity index is 572. The lowest BCUT2D eigenvalue weighted by atomic mass is 10.0. The van der Waals surface area contributed by atoms with Crippen LogP contribution in [0.1, 0.15) is 18.9 Å². The topological polar surface area (TPSA) is 110 Å². The van der Waals surface area contributed by atoms with Crippen molar-refractivity contribution in [2.45, 2.75) is 31.3 Å². The van der Waals surface area contributed by atoms with Crippen LogP contribution in [-0.2, 0) is 0 Å². The van der Waals surface area contributed by atoms with E-state index >= 15 is 0 Å². The molecule has 4 atom stereocenters. The fourth-order valence-corrected chi connectivity index (χ4v) is 1.95. The number of H-pyrrole nitrogens is 1. The maximum Gasteiger partial charge on any atom is 0.140 e. The van der Waals surface area contributed by atoms with Crippen molar-refractivity contribution >= 4 is 22.6 Å². The highest BCUT2D eigenvalue weighted by Gasteiger charge is 2.30. The maximum absolute atomic E-state index is 9.93. The molecule has 0 amide bonds. The Hall–Kier alpha value is -1.18. The molecule has 19 heavy (non-hydrogen) atoms. The third kappa shape index (κ3) is 2.88. The van der Waals surface area contributed by atoms with E-state index in [4.69, 9.17) is 11.6 Å². The Balaban J connectivity index is 2.28. The first kappa shape index (κ1) is 14.2. The minimum Gasteiger partial charge on any atom is -0.391 e. The number of fused-ring (bicyclic) bond motifs is 1. The fourth-order valence-electron chi connectivity index (χ4n) is 1.78. The summed E-state index contributed by atoms with van der Waals surface area (Å²) in [7, 11) is 0. The Morgan fingerprint density at radius 3 is 2.47 bits per heavy atom. The van der Waals surface area contributed by atoms with E-state index in [-0.39, 0.29) is 5.82 Å². The highest BCUT2D eigenvalue weighted by atomic mass is 35.5. The van der Waals surface area contributed by atoms with Gasteiger partial charge in [0.1, 0.15) is 24.1 Å². The van der Waals surface area contributed by atoms with E-state index in [1.165, 1.54) is 6.92 Å². The van der Waals surface area contributed by atoms with Crippen LogP contribution in [0, 0.1) is 0 Å². The first-order valence-electron chi connectivity index (χ1n) is 5.77. The summed E-state index contributed by atoms with van der Waals surface area (Å²) in [4.78, 5) is 6.91. The number of imidazole rings is 1. The van der Waals surface area contributed by atoms with Crippen LogP contribution in [0.3, 0.4) is 0 Å². The summed E-state index contributed by atoms with van der Waals surface area (Å²) in [5.41, 5.74) is 1.19. The van der Waals surface area contributed by atoms with E-state index in [0.29, 0.717) is 16.1 Å². The third-order valence-electron chi connectivity index (χ3n) is 2.91. The van der Waals surface area contributed by atoms with Crippen LogP contribution in [0.25, 0.3) is 11.0 Å². The van der Waals surface area contributed by atoms with Crippen LogP contribution in [0.5, 0.6) is 0 Å². The normalized spacial score (nSPS) is 18.2. The third-order valence-corrected chi connectivity index (χ3v) is 3.15. The van der Waals surface area contributed by atoms with Crippen molar-refractivity contribution in [3.8, 4) is 0 Å². The molecule has 1 aromatic heterocycles. The van der Waals surface area contributed by atoms with Gasteiger partial charge in [-0.2, -0.15) is 0 Å². The Morgan fingerprint density at radius 1 is 1.16 bits per heavy atom. The number of nitrogens with zero attached hydrogens (tertiary/aromatic N) is 1. The van der Waals surface area contributed by atoms with Gasteiger partial charge in [-0.3, -0.25) is 0 Å². The summed E-state index contributed by atoms with van der Waals surface area (Å²) in [6.45, 7) is 1.32. The lowest BCUT2D eigenvalue weighted by Gasteiger charge is -2.23. The van der Waals surface area contributed by atoms with Crippen LogP contribution >= 0.6 is 11.6 Å². The van der Waals surface area contributed by atoms with Gasteiger partial charge in [-0.25, -0.2) is 4.98 Å². The van der Waals surface area contributed by atoms with E-state index in [1.54, 1.807) is 18.2 Å². The zero-order valence-corrected chi connectivity index (χ0v) is 10.9. The number of aliphatic hydroxyl groups is 4. The second-order valence-electron chi connectivity index (χ2n) is 4.45. The minimum atomic E-state index is -1.55. The fraction of sp³-hybridized carbons (Fsp3) is 0.417. The molecule has 0 aliphatic carbocycles.